The Kier molecular flexibility index (Phi) is 5.20. The number of rotatable bonds is 5. The van der Waals surface area contributed by atoms with Crippen LogP contribution in [0, 0.1) is 5.92 Å². The van der Waals surface area contributed by atoms with Gasteiger partial charge in [0.25, 0.3) is 5.91 Å². The monoisotopic (exact) mass is 290 g/mol. The van der Waals surface area contributed by atoms with Crippen LogP contribution in [0.2, 0.25) is 0 Å². The minimum absolute atomic E-state index is 0.0140. The number of piperidine rings is 1. The van der Waals surface area contributed by atoms with Crippen molar-refractivity contribution in [2.45, 2.75) is 26.2 Å². The van der Waals surface area contributed by atoms with Crippen LogP contribution in [-0.2, 0) is 4.79 Å². The highest BCUT2D eigenvalue weighted by Crippen LogP contribution is 2.20. The summed E-state index contributed by atoms with van der Waals surface area (Å²) >= 11 is 0. The summed E-state index contributed by atoms with van der Waals surface area (Å²) in [6.07, 6.45) is 2.22. The molecule has 0 bridgehead atoms. The quantitative estimate of drug-likeness (QED) is 0.899. The van der Waals surface area contributed by atoms with E-state index >= 15 is 0 Å². The van der Waals surface area contributed by atoms with E-state index in [1.54, 1.807) is 17.0 Å². The molecular weight excluding hydrogens is 268 g/mol. The van der Waals surface area contributed by atoms with Crippen LogP contribution in [0.5, 0.6) is 5.75 Å². The molecule has 1 fully saturated rings. The normalized spacial score (nSPS) is 15.8. The number of hydrogen-bond donors (Lipinski definition) is 1. The molecule has 1 saturated heterocycles. The number of likely N-dealkylation sites (tertiary alicyclic amines) is 1. The number of nitrogens with zero attached hydrogens (tertiary/aromatic N) is 1. The van der Waals surface area contributed by atoms with Gasteiger partial charge in [0, 0.05) is 24.6 Å². The van der Waals surface area contributed by atoms with Gasteiger partial charge in [0.1, 0.15) is 5.75 Å². The molecule has 0 unspecified atom stereocenters. The molecule has 0 atom stereocenters. The summed E-state index contributed by atoms with van der Waals surface area (Å²) < 4.78 is 5.55. The molecule has 1 aromatic rings. The topological polar surface area (TPSA) is 72.6 Å². The van der Waals surface area contributed by atoms with Crippen LogP contribution in [-0.4, -0.2) is 36.4 Å². The highest BCUT2D eigenvalue weighted by Gasteiger charge is 2.26. The zero-order valence-corrected chi connectivity index (χ0v) is 12.4. The smallest absolute Gasteiger partial charge is 0.253 e. The first-order valence-electron chi connectivity index (χ1n) is 7.43. The van der Waals surface area contributed by atoms with E-state index in [0.717, 1.165) is 12.2 Å². The number of benzene rings is 1. The van der Waals surface area contributed by atoms with Crippen molar-refractivity contribution in [1.82, 2.24) is 4.90 Å². The number of ether oxygens (including phenoxy) is 1. The van der Waals surface area contributed by atoms with E-state index in [0.29, 0.717) is 38.1 Å². The molecule has 0 spiro atoms. The van der Waals surface area contributed by atoms with E-state index in [4.69, 9.17) is 10.5 Å². The fraction of sp³-hybridized carbons (Fsp3) is 0.500. The Hall–Kier alpha value is -2.04. The molecule has 2 amide bonds. The molecule has 1 heterocycles. The van der Waals surface area contributed by atoms with E-state index in [9.17, 15) is 9.59 Å². The van der Waals surface area contributed by atoms with Gasteiger partial charge >= 0.3 is 0 Å². The number of hydrogen-bond acceptors (Lipinski definition) is 3. The highest BCUT2D eigenvalue weighted by molar-refractivity contribution is 5.94. The molecule has 1 aliphatic heterocycles. The summed E-state index contributed by atoms with van der Waals surface area (Å²) in [5.74, 6) is 0.333. The lowest BCUT2D eigenvalue weighted by molar-refractivity contribution is -0.123. The maximum absolute atomic E-state index is 12.5. The van der Waals surface area contributed by atoms with Gasteiger partial charge in [0.15, 0.2) is 0 Å². The molecule has 21 heavy (non-hydrogen) atoms. The van der Waals surface area contributed by atoms with Gasteiger partial charge in [-0.1, -0.05) is 13.0 Å². The summed E-state index contributed by atoms with van der Waals surface area (Å²) in [4.78, 5) is 25.4. The van der Waals surface area contributed by atoms with E-state index in [1.165, 1.54) is 0 Å². The summed E-state index contributed by atoms with van der Waals surface area (Å²) in [6, 6.07) is 7.25. The summed E-state index contributed by atoms with van der Waals surface area (Å²) in [6.45, 7) is 3.83. The SMILES string of the molecule is CCCOc1cccc(C(=O)N2CCC(C(N)=O)CC2)c1. The second-order valence-electron chi connectivity index (χ2n) is 5.35. The summed E-state index contributed by atoms with van der Waals surface area (Å²) in [7, 11) is 0. The van der Waals surface area contributed by atoms with Crippen LogP contribution < -0.4 is 10.5 Å². The molecule has 5 heteroatoms. The largest absolute Gasteiger partial charge is 0.494 e. The molecule has 5 nitrogen and oxygen atoms in total. The van der Waals surface area contributed by atoms with Gasteiger partial charge in [-0.25, -0.2) is 0 Å². The van der Waals surface area contributed by atoms with Crippen LogP contribution in [0.1, 0.15) is 36.5 Å². The minimum Gasteiger partial charge on any atom is -0.494 e. The molecular formula is C16H22N2O3. The minimum atomic E-state index is -0.267. The fourth-order valence-corrected chi connectivity index (χ4v) is 2.49. The van der Waals surface area contributed by atoms with Crippen LogP contribution in [0.25, 0.3) is 0 Å². The van der Waals surface area contributed by atoms with Crippen LogP contribution in [0.4, 0.5) is 0 Å². The predicted octanol–water partition coefficient (Wildman–Crippen LogP) is 1.81. The van der Waals surface area contributed by atoms with Gasteiger partial charge in [-0.05, 0) is 37.5 Å². The summed E-state index contributed by atoms with van der Waals surface area (Å²) in [5, 5.41) is 0. The Labute approximate surface area is 125 Å². The van der Waals surface area contributed by atoms with Crippen molar-refractivity contribution in [1.29, 1.82) is 0 Å². The average Bonchev–Trinajstić information content (AvgIpc) is 2.52. The zero-order valence-electron chi connectivity index (χ0n) is 12.4. The third-order valence-electron chi connectivity index (χ3n) is 3.74. The molecule has 0 aliphatic carbocycles. The Balaban J connectivity index is 1.99. The van der Waals surface area contributed by atoms with Gasteiger partial charge in [0.05, 0.1) is 6.61 Å². The first kappa shape index (κ1) is 15.4. The third-order valence-corrected chi connectivity index (χ3v) is 3.74. The number of nitrogens with two attached hydrogens (primary N) is 1. The standard InChI is InChI=1S/C16H22N2O3/c1-2-10-21-14-5-3-4-13(11-14)16(20)18-8-6-12(7-9-18)15(17)19/h3-5,11-12H,2,6-10H2,1H3,(H2,17,19). The fourth-order valence-electron chi connectivity index (χ4n) is 2.49. The maximum atomic E-state index is 12.5. The molecule has 2 N–H and O–H groups in total. The Bertz CT molecular complexity index is 508. The second-order valence-corrected chi connectivity index (χ2v) is 5.35. The molecule has 114 valence electrons. The van der Waals surface area contributed by atoms with Crippen molar-refractivity contribution >= 4 is 11.8 Å². The highest BCUT2D eigenvalue weighted by atomic mass is 16.5. The lowest BCUT2D eigenvalue weighted by Gasteiger charge is -2.30. The van der Waals surface area contributed by atoms with Gasteiger partial charge in [0.2, 0.25) is 5.91 Å². The number of carbonyl (C=O) groups is 2. The molecule has 0 aromatic heterocycles. The summed E-state index contributed by atoms with van der Waals surface area (Å²) in [5.41, 5.74) is 5.93. The molecule has 0 radical (unpaired) electrons. The van der Waals surface area contributed by atoms with Crippen molar-refractivity contribution in [2.24, 2.45) is 11.7 Å². The van der Waals surface area contributed by atoms with Gasteiger partial charge in [-0.15, -0.1) is 0 Å². The van der Waals surface area contributed by atoms with Crippen molar-refractivity contribution in [2.75, 3.05) is 19.7 Å². The van der Waals surface area contributed by atoms with Crippen LogP contribution in [0.15, 0.2) is 24.3 Å². The lowest BCUT2D eigenvalue weighted by Crippen LogP contribution is -2.41. The zero-order chi connectivity index (χ0) is 15.2. The van der Waals surface area contributed by atoms with Crippen molar-refractivity contribution < 1.29 is 14.3 Å². The van der Waals surface area contributed by atoms with Crippen molar-refractivity contribution in [3.05, 3.63) is 29.8 Å². The van der Waals surface area contributed by atoms with E-state index in [2.05, 4.69) is 0 Å². The molecule has 2 rings (SSSR count). The van der Waals surface area contributed by atoms with Gasteiger partial charge < -0.3 is 15.4 Å². The third kappa shape index (κ3) is 3.97. The van der Waals surface area contributed by atoms with Gasteiger partial charge in [-0.3, -0.25) is 9.59 Å². The number of amides is 2. The average molecular weight is 290 g/mol. The van der Waals surface area contributed by atoms with E-state index < -0.39 is 0 Å². The Morgan fingerprint density at radius 1 is 1.33 bits per heavy atom. The van der Waals surface area contributed by atoms with E-state index in [-0.39, 0.29) is 17.7 Å². The first-order valence-corrected chi connectivity index (χ1v) is 7.43. The second kappa shape index (κ2) is 7.11. The van der Waals surface area contributed by atoms with Gasteiger partial charge in [-0.2, -0.15) is 0 Å². The maximum Gasteiger partial charge on any atom is 0.253 e. The van der Waals surface area contributed by atoms with Crippen molar-refractivity contribution in [3.63, 3.8) is 0 Å². The number of carbonyl (C=O) groups excluding carboxylic acids is 2. The molecule has 1 aliphatic rings. The molecule has 1 aromatic carbocycles. The predicted molar refractivity (Wildman–Crippen MR) is 80.0 cm³/mol. The van der Waals surface area contributed by atoms with Crippen molar-refractivity contribution in [3.8, 4) is 5.75 Å². The lowest BCUT2D eigenvalue weighted by atomic mass is 9.96. The number of primary amides is 1. The Morgan fingerprint density at radius 3 is 2.67 bits per heavy atom. The Morgan fingerprint density at radius 2 is 2.05 bits per heavy atom. The first-order chi connectivity index (χ1) is 10.1. The van der Waals surface area contributed by atoms with E-state index in [1.807, 2.05) is 19.1 Å². The van der Waals surface area contributed by atoms with Crippen LogP contribution >= 0.6 is 0 Å². The van der Waals surface area contributed by atoms with Crippen LogP contribution in [0.3, 0.4) is 0 Å². The molecule has 0 saturated carbocycles.